The van der Waals surface area contributed by atoms with E-state index in [1.54, 1.807) is 0 Å². The van der Waals surface area contributed by atoms with Gasteiger partial charge in [-0.3, -0.25) is 0 Å². The summed E-state index contributed by atoms with van der Waals surface area (Å²) < 4.78 is 29.1. The van der Waals surface area contributed by atoms with Gasteiger partial charge in [0.15, 0.2) is 9.84 Å². The fraction of sp³-hybridized carbons (Fsp3) is 0.143. The van der Waals surface area contributed by atoms with Crippen molar-refractivity contribution in [3.05, 3.63) is 59.0 Å². The maximum Gasteiger partial charge on any atom is 0.371 e. The first-order chi connectivity index (χ1) is 10.3. The van der Waals surface area contributed by atoms with Crippen LogP contribution < -0.4 is 0 Å². The van der Waals surface area contributed by atoms with Gasteiger partial charge in [0.1, 0.15) is 11.5 Å². The van der Waals surface area contributed by atoms with Crippen molar-refractivity contribution in [3.63, 3.8) is 0 Å². The zero-order valence-electron chi connectivity index (χ0n) is 11.2. The van der Waals surface area contributed by atoms with Crippen LogP contribution in [0.1, 0.15) is 32.2 Å². The summed E-state index contributed by atoms with van der Waals surface area (Å²) >= 11 is 0. The van der Waals surface area contributed by atoms with Crippen molar-refractivity contribution in [1.82, 2.24) is 0 Å². The lowest BCUT2D eigenvalue weighted by molar-refractivity contribution is 0.0658. The predicted molar refractivity (Wildman–Crippen MR) is 75.4 cm³/mol. The Morgan fingerprint density at radius 1 is 1.00 bits per heavy atom. The molecule has 0 radical (unpaired) electrons. The summed E-state index contributed by atoms with van der Waals surface area (Å²) in [5.74, 6) is -3.56. The molecule has 0 bridgehead atoms. The summed E-state index contributed by atoms with van der Waals surface area (Å²) in [6, 6.07) is 8.08. The highest BCUT2D eigenvalue weighted by atomic mass is 32.2. The first-order valence-electron chi connectivity index (χ1n) is 6.11. The molecule has 0 aliphatic rings. The van der Waals surface area contributed by atoms with Crippen molar-refractivity contribution in [2.45, 2.75) is 11.5 Å². The van der Waals surface area contributed by atoms with Crippen molar-refractivity contribution >= 4 is 21.8 Å². The molecular weight excluding hydrogens is 312 g/mol. The summed E-state index contributed by atoms with van der Waals surface area (Å²) in [5, 5.41) is 17.6. The van der Waals surface area contributed by atoms with Crippen molar-refractivity contribution in [3.8, 4) is 0 Å². The number of furan rings is 1. The SMILES string of the molecule is O=C(O)c1cccc(CS(=O)(=O)Cc2ccc(C(=O)O)o2)c1. The summed E-state index contributed by atoms with van der Waals surface area (Å²) in [4.78, 5) is 21.5. The molecule has 0 aliphatic heterocycles. The van der Waals surface area contributed by atoms with Gasteiger partial charge in [0.05, 0.1) is 11.3 Å². The minimum absolute atomic E-state index is 0.00105. The standard InChI is InChI=1S/C14H12O7S/c15-13(16)10-3-1-2-9(6-10)7-22(19,20)8-11-4-5-12(21-11)14(17)18/h1-6H,7-8H2,(H,15,16)(H,17,18). The fourth-order valence-electron chi connectivity index (χ4n) is 1.89. The van der Waals surface area contributed by atoms with E-state index in [0.29, 0.717) is 5.56 Å². The monoisotopic (exact) mass is 324 g/mol. The van der Waals surface area contributed by atoms with E-state index in [4.69, 9.17) is 14.6 Å². The highest BCUT2D eigenvalue weighted by molar-refractivity contribution is 7.89. The van der Waals surface area contributed by atoms with E-state index < -0.39 is 27.5 Å². The van der Waals surface area contributed by atoms with E-state index in [0.717, 1.165) is 0 Å². The first kappa shape index (κ1) is 15.8. The molecule has 116 valence electrons. The number of aromatic carboxylic acids is 2. The Hall–Kier alpha value is -2.61. The van der Waals surface area contributed by atoms with Crippen LogP contribution in [-0.4, -0.2) is 30.6 Å². The molecule has 0 unspecified atom stereocenters. The molecule has 1 aromatic carbocycles. The smallest absolute Gasteiger partial charge is 0.371 e. The number of sulfone groups is 1. The molecular formula is C14H12O7S. The molecule has 0 spiro atoms. The summed E-state index contributed by atoms with van der Waals surface area (Å²) in [5.41, 5.74) is 0.337. The molecule has 2 aromatic rings. The quantitative estimate of drug-likeness (QED) is 0.830. The molecule has 0 aliphatic carbocycles. The van der Waals surface area contributed by atoms with E-state index in [1.807, 2.05) is 0 Å². The third-order valence-electron chi connectivity index (χ3n) is 2.80. The van der Waals surface area contributed by atoms with Gasteiger partial charge < -0.3 is 14.6 Å². The molecule has 8 heteroatoms. The third-order valence-corrected chi connectivity index (χ3v) is 4.29. The minimum atomic E-state index is -3.62. The molecule has 22 heavy (non-hydrogen) atoms. The molecule has 1 aromatic heterocycles. The van der Waals surface area contributed by atoms with Crippen LogP contribution in [0.5, 0.6) is 0 Å². The fourth-order valence-corrected chi connectivity index (χ4v) is 3.26. The number of benzene rings is 1. The Balaban J connectivity index is 2.15. The van der Waals surface area contributed by atoms with Gasteiger partial charge in [-0.25, -0.2) is 18.0 Å². The second-order valence-corrected chi connectivity index (χ2v) is 6.67. The summed E-state index contributed by atoms with van der Waals surface area (Å²) in [7, 11) is -3.62. The highest BCUT2D eigenvalue weighted by Gasteiger charge is 2.18. The predicted octanol–water partition coefficient (Wildman–Crippen LogP) is 1.79. The van der Waals surface area contributed by atoms with Crippen LogP contribution >= 0.6 is 0 Å². The Morgan fingerprint density at radius 3 is 2.32 bits per heavy atom. The second kappa shape index (κ2) is 6.02. The molecule has 2 N–H and O–H groups in total. The molecule has 0 saturated carbocycles. The largest absolute Gasteiger partial charge is 0.478 e. The molecule has 7 nitrogen and oxygen atoms in total. The van der Waals surface area contributed by atoms with E-state index in [1.165, 1.54) is 36.4 Å². The number of hydrogen-bond acceptors (Lipinski definition) is 5. The molecule has 0 fully saturated rings. The van der Waals surface area contributed by atoms with Gasteiger partial charge in [-0.05, 0) is 29.8 Å². The van der Waals surface area contributed by atoms with Crippen molar-refractivity contribution in [2.24, 2.45) is 0 Å². The number of carboxylic acids is 2. The van der Waals surface area contributed by atoms with Gasteiger partial charge in [-0.1, -0.05) is 12.1 Å². The van der Waals surface area contributed by atoms with Crippen molar-refractivity contribution in [1.29, 1.82) is 0 Å². The lowest BCUT2D eigenvalue weighted by Crippen LogP contribution is -2.08. The Kier molecular flexibility index (Phi) is 4.32. The van der Waals surface area contributed by atoms with E-state index >= 15 is 0 Å². The number of rotatable bonds is 6. The first-order valence-corrected chi connectivity index (χ1v) is 7.93. The molecule has 0 atom stereocenters. The van der Waals surface area contributed by atoms with Gasteiger partial charge in [-0.2, -0.15) is 0 Å². The lowest BCUT2D eigenvalue weighted by atomic mass is 10.1. The van der Waals surface area contributed by atoms with Crippen LogP contribution in [0, 0.1) is 0 Å². The van der Waals surface area contributed by atoms with Gasteiger partial charge >= 0.3 is 11.9 Å². The average Bonchev–Trinajstić information content (AvgIpc) is 2.86. The van der Waals surface area contributed by atoms with Gasteiger partial charge in [0.2, 0.25) is 5.76 Å². The van der Waals surface area contributed by atoms with Crippen LogP contribution in [-0.2, 0) is 21.3 Å². The minimum Gasteiger partial charge on any atom is -0.478 e. The highest BCUT2D eigenvalue weighted by Crippen LogP contribution is 2.16. The van der Waals surface area contributed by atoms with Crippen molar-refractivity contribution < 1.29 is 32.6 Å². The molecule has 2 rings (SSSR count). The number of hydrogen-bond donors (Lipinski definition) is 2. The number of carbonyl (C=O) groups is 2. The Labute approximate surface area is 125 Å². The molecule has 0 saturated heterocycles. The van der Waals surface area contributed by atoms with Crippen LogP contribution in [0.15, 0.2) is 40.8 Å². The van der Waals surface area contributed by atoms with E-state index in [-0.39, 0.29) is 22.8 Å². The van der Waals surface area contributed by atoms with Gasteiger partial charge in [0, 0.05) is 0 Å². The Morgan fingerprint density at radius 2 is 1.73 bits per heavy atom. The number of carboxylic acid groups (broad SMARTS) is 2. The van der Waals surface area contributed by atoms with Crippen LogP contribution in [0.4, 0.5) is 0 Å². The van der Waals surface area contributed by atoms with E-state index in [9.17, 15) is 18.0 Å². The van der Waals surface area contributed by atoms with Gasteiger partial charge in [-0.15, -0.1) is 0 Å². The molecule has 0 amide bonds. The zero-order valence-corrected chi connectivity index (χ0v) is 12.0. The topological polar surface area (TPSA) is 122 Å². The van der Waals surface area contributed by atoms with E-state index in [2.05, 4.69) is 0 Å². The Bertz CT molecular complexity index is 817. The van der Waals surface area contributed by atoms with Crippen LogP contribution in [0.3, 0.4) is 0 Å². The normalized spacial score (nSPS) is 11.3. The summed E-state index contributed by atoms with van der Waals surface area (Å²) in [6.45, 7) is 0. The zero-order chi connectivity index (χ0) is 16.3. The van der Waals surface area contributed by atoms with Crippen LogP contribution in [0.25, 0.3) is 0 Å². The van der Waals surface area contributed by atoms with Crippen LogP contribution in [0.2, 0.25) is 0 Å². The maximum absolute atomic E-state index is 12.1. The third kappa shape index (κ3) is 3.95. The average molecular weight is 324 g/mol. The summed E-state index contributed by atoms with van der Waals surface area (Å²) in [6.07, 6.45) is 0. The lowest BCUT2D eigenvalue weighted by Gasteiger charge is -2.04. The van der Waals surface area contributed by atoms with Gasteiger partial charge in [0.25, 0.3) is 0 Å². The van der Waals surface area contributed by atoms with Crippen molar-refractivity contribution in [2.75, 3.05) is 0 Å². The maximum atomic E-state index is 12.1. The molecule has 1 heterocycles. The second-order valence-electron chi connectivity index (χ2n) is 4.61.